The maximum atomic E-state index is 3.72. The number of hydrogen-bond acceptors (Lipinski definition) is 2. The van der Waals surface area contributed by atoms with Crippen molar-refractivity contribution in [3.8, 4) is 0 Å². The summed E-state index contributed by atoms with van der Waals surface area (Å²) in [5.41, 5.74) is 2.33. The third kappa shape index (κ3) is 5.05. The van der Waals surface area contributed by atoms with E-state index in [2.05, 4.69) is 73.1 Å². The van der Waals surface area contributed by atoms with Gasteiger partial charge in [0.1, 0.15) is 0 Å². The fourth-order valence-corrected chi connectivity index (χ4v) is 2.77. The van der Waals surface area contributed by atoms with Crippen LogP contribution in [0.15, 0.2) is 60.0 Å². The topological polar surface area (TPSA) is 24.1 Å². The van der Waals surface area contributed by atoms with Crippen molar-refractivity contribution in [2.75, 3.05) is 0 Å². The van der Waals surface area contributed by atoms with Crippen LogP contribution in [0.3, 0.4) is 0 Å². The summed E-state index contributed by atoms with van der Waals surface area (Å²) in [4.78, 5) is 0. The van der Waals surface area contributed by atoms with Crippen molar-refractivity contribution in [1.29, 1.82) is 0 Å². The Bertz CT molecular complexity index is 480. The maximum Gasteiger partial charge on any atom is 0.0341 e. The Balaban J connectivity index is 1.82. The predicted molar refractivity (Wildman–Crippen MR) is 91.8 cm³/mol. The molecule has 2 N–H and O–H groups in total. The minimum absolute atomic E-state index is 0.453. The molecule has 2 aliphatic rings. The Kier molecular flexibility index (Phi) is 6.06. The molecule has 2 aliphatic carbocycles. The first-order valence-corrected chi connectivity index (χ1v) is 8.10. The first kappa shape index (κ1) is 15.8. The third-order valence-corrected chi connectivity index (χ3v) is 4.08. The molecule has 114 valence electrons. The molecular weight excluding hydrogens is 256 g/mol. The van der Waals surface area contributed by atoms with Gasteiger partial charge in [0.05, 0.1) is 0 Å². The Morgan fingerprint density at radius 2 is 2.00 bits per heavy atom. The molecule has 2 rings (SSSR count). The molecule has 0 fully saturated rings. The van der Waals surface area contributed by atoms with E-state index in [0.717, 1.165) is 18.0 Å². The lowest BCUT2D eigenvalue weighted by atomic mass is 9.93. The van der Waals surface area contributed by atoms with Crippen molar-refractivity contribution in [3.63, 3.8) is 0 Å². The van der Waals surface area contributed by atoms with Crippen LogP contribution in [0.5, 0.6) is 0 Å². The van der Waals surface area contributed by atoms with Gasteiger partial charge in [-0.3, -0.25) is 0 Å². The molecule has 0 bridgehead atoms. The SMILES string of the molecule is C/C=C\C(=C/C)NC1=CCC(NC2C=CC(C)CC2)C=C1. The van der Waals surface area contributed by atoms with Gasteiger partial charge in [-0.05, 0) is 51.2 Å². The van der Waals surface area contributed by atoms with Crippen LogP contribution in [0.4, 0.5) is 0 Å². The summed E-state index contributed by atoms with van der Waals surface area (Å²) in [5.74, 6) is 0.742. The Hall–Kier alpha value is -1.54. The summed E-state index contributed by atoms with van der Waals surface area (Å²) >= 11 is 0. The molecule has 3 atom stereocenters. The Morgan fingerprint density at radius 3 is 2.57 bits per heavy atom. The zero-order valence-corrected chi connectivity index (χ0v) is 13.5. The first-order valence-electron chi connectivity index (χ1n) is 8.10. The molecule has 3 unspecified atom stereocenters. The second kappa shape index (κ2) is 8.04. The van der Waals surface area contributed by atoms with Gasteiger partial charge in [-0.25, -0.2) is 0 Å². The number of nitrogens with one attached hydrogen (secondary N) is 2. The van der Waals surface area contributed by atoms with Crippen LogP contribution in [-0.2, 0) is 0 Å². The van der Waals surface area contributed by atoms with Crippen LogP contribution in [0.1, 0.15) is 40.0 Å². The third-order valence-electron chi connectivity index (χ3n) is 4.08. The smallest absolute Gasteiger partial charge is 0.0341 e. The average molecular weight is 284 g/mol. The van der Waals surface area contributed by atoms with Gasteiger partial charge in [0.2, 0.25) is 0 Å². The minimum atomic E-state index is 0.453. The highest BCUT2D eigenvalue weighted by molar-refractivity contribution is 5.30. The zero-order chi connectivity index (χ0) is 15.1. The standard InChI is InChI=1S/C19H28N2/c1-4-6-16(5-2)20-18-11-13-19(14-12-18)21-17-9-7-15(3)8-10-17/h4-7,9,11-13,15,17,19-21H,8,10,14H2,1-3H3/b6-4-,16-5+. The molecule has 0 saturated heterocycles. The Morgan fingerprint density at radius 1 is 1.14 bits per heavy atom. The van der Waals surface area contributed by atoms with Gasteiger partial charge < -0.3 is 10.6 Å². The van der Waals surface area contributed by atoms with Gasteiger partial charge in [0.15, 0.2) is 0 Å². The summed E-state index contributed by atoms with van der Waals surface area (Å²) in [6.07, 6.45) is 21.2. The maximum absolute atomic E-state index is 3.72. The fraction of sp³-hybridized carbons (Fsp3) is 0.474. The summed E-state index contributed by atoms with van der Waals surface area (Å²) in [7, 11) is 0. The van der Waals surface area contributed by atoms with E-state index in [1.807, 2.05) is 6.92 Å². The molecular formula is C19H28N2. The van der Waals surface area contributed by atoms with E-state index in [1.165, 1.54) is 18.5 Å². The van der Waals surface area contributed by atoms with Crippen LogP contribution in [0.2, 0.25) is 0 Å². The van der Waals surface area contributed by atoms with Crippen LogP contribution in [0, 0.1) is 5.92 Å². The average Bonchev–Trinajstić information content (AvgIpc) is 2.51. The molecule has 0 aromatic heterocycles. The lowest BCUT2D eigenvalue weighted by molar-refractivity contribution is 0.446. The van der Waals surface area contributed by atoms with Gasteiger partial charge in [0, 0.05) is 23.5 Å². The van der Waals surface area contributed by atoms with E-state index in [0.29, 0.717) is 12.1 Å². The van der Waals surface area contributed by atoms with Crippen molar-refractivity contribution in [1.82, 2.24) is 10.6 Å². The van der Waals surface area contributed by atoms with E-state index in [1.54, 1.807) is 0 Å². The van der Waals surface area contributed by atoms with Crippen molar-refractivity contribution >= 4 is 0 Å². The van der Waals surface area contributed by atoms with Crippen LogP contribution < -0.4 is 10.6 Å². The summed E-state index contributed by atoms with van der Waals surface area (Å²) < 4.78 is 0. The van der Waals surface area contributed by atoms with E-state index >= 15 is 0 Å². The predicted octanol–water partition coefficient (Wildman–Crippen LogP) is 4.21. The van der Waals surface area contributed by atoms with Gasteiger partial charge in [-0.2, -0.15) is 0 Å². The molecule has 0 aromatic carbocycles. The molecule has 2 heteroatoms. The lowest BCUT2D eigenvalue weighted by Crippen LogP contribution is -2.38. The van der Waals surface area contributed by atoms with Crippen molar-refractivity contribution < 1.29 is 0 Å². The van der Waals surface area contributed by atoms with Crippen molar-refractivity contribution in [3.05, 3.63) is 60.0 Å². The van der Waals surface area contributed by atoms with Gasteiger partial charge in [0.25, 0.3) is 0 Å². The van der Waals surface area contributed by atoms with Crippen LogP contribution >= 0.6 is 0 Å². The minimum Gasteiger partial charge on any atom is -0.356 e. The molecule has 0 amide bonds. The molecule has 0 heterocycles. The molecule has 0 aromatic rings. The van der Waals surface area contributed by atoms with E-state index < -0.39 is 0 Å². The Labute approximate surface area is 129 Å². The normalized spacial score (nSPS) is 29.8. The van der Waals surface area contributed by atoms with Gasteiger partial charge in [-0.1, -0.05) is 43.4 Å². The molecule has 2 nitrogen and oxygen atoms in total. The second-order valence-corrected chi connectivity index (χ2v) is 5.94. The molecule has 21 heavy (non-hydrogen) atoms. The van der Waals surface area contributed by atoms with Crippen LogP contribution in [-0.4, -0.2) is 12.1 Å². The van der Waals surface area contributed by atoms with E-state index in [-0.39, 0.29) is 0 Å². The lowest BCUT2D eigenvalue weighted by Gasteiger charge is -2.26. The number of allylic oxidation sites excluding steroid dienone is 5. The van der Waals surface area contributed by atoms with Gasteiger partial charge >= 0.3 is 0 Å². The number of hydrogen-bond donors (Lipinski definition) is 2. The molecule has 0 saturated carbocycles. The van der Waals surface area contributed by atoms with Crippen LogP contribution in [0.25, 0.3) is 0 Å². The van der Waals surface area contributed by atoms with Crippen molar-refractivity contribution in [2.24, 2.45) is 5.92 Å². The molecule has 0 aliphatic heterocycles. The summed E-state index contributed by atoms with van der Waals surface area (Å²) in [6, 6.07) is 0.988. The largest absolute Gasteiger partial charge is 0.356 e. The summed E-state index contributed by atoms with van der Waals surface area (Å²) in [6.45, 7) is 6.38. The highest BCUT2D eigenvalue weighted by Crippen LogP contribution is 2.18. The van der Waals surface area contributed by atoms with E-state index in [4.69, 9.17) is 0 Å². The highest BCUT2D eigenvalue weighted by Gasteiger charge is 2.16. The van der Waals surface area contributed by atoms with E-state index in [9.17, 15) is 0 Å². The zero-order valence-electron chi connectivity index (χ0n) is 13.5. The molecule has 0 radical (unpaired) electrons. The van der Waals surface area contributed by atoms with Gasteiger partial charge in [-0.15, -0.1) is 0 Å². The monoisotopic (exact) mass is 284 g/mol. The van der Waals surface area contributed by atoms with Crippen molar-refractivity contribution in [2.45, 2.75) is 52.1 Å². The quantitative estimate of drug-likeness (QED) is 0.583. The fourth-order valence-electron chi connectivity index (χ4n) is 2.77. The first-order chi connectivity index (χ1) is 10.2. The second-order valence-electron chi connectivity index (χ2n) is 5.94. The number of rotatable bonds is 5. The molecule has 0 spiro atoms. The highest BCUT2D eigenvalue weighted by atomic mass is 15.0. The summed E-state index contributed by atoms with van der Waals surface area (Å²) in [5, 5.41) is 7.16.